The maximum absolute atomic E-state index is 6.72. The molecule has 0 bridgehead atoms. The zero-order chi connectivity index (χ0) is 19.3. The van der Waals surface area contributed by atoms with Crippen LogP contribution in [0, 0.1) is 5.92 Å². The van der Waals surface area contributed by atoms with E-state index in [1.165, 1.54) is 18.4 Å². The molecule has 0 aromatic heterocycles. The van der Waals surface area contributed by atoms with Crippen LogP contribution in [0.2, 0.25) is 0 Å². The molecule has 148 valence electrons. The SMILES string of the molecule is COc1ccccc1[C@H]1c2cc3c(cc2O[C@@](C)(N2CCCC2)[C@H]1C)OCO3. The number of nitrogens with zero attached hydrogens (tertiary/aromatic N) is 1. The molecule has 2 aromatic carbocycles. The number of fused-ring (bicyclic) bond motifs is 2. The highest BCUT2D eigenvalue weighted by Crippen LogP contribution is 2.54. The molecular formula is C23H27NO4. The first-order valence-corrected chi connectivity index (χ1v) is 10.1. The van der Waals surface area contributed by atoms with Crippen LogP contribution in [0.1, 0.15) is 43.7 Å². The molecule has 2 aromatic rings. The number of likely N-dealkylation sites (tertiary alicyclic amines) is 1. The molecule has 3 atom stereocenters. The fraction of sp³-hybridized carbons (Fsp3) is 0.478. The molecular weight excluding hydrogens is 354 g/mol. The highest BCUT2D eigenvalue weighted by atomic mass is 16.7. The smallest absolute Gasteiger partial charge is 0.231 e. The van der Waals surface area contributed by atoms with E-state index in [0.29, 0.717) is 0 Å². The van der Waals surface area contributed by atoms with E-state index in [0.717, 1.165) is 41.7 Å². The molecule has 0 unspecified atom stereocenters. The molecule has 5 rings (SSSR count). The van der Waals surface area contributed by atoms with E-state index in [9.17, 15) is 0 Å². The molecule has 0 aliphatic carbocycles. The standard InChI is InChI=1S/C23H27NO4/c1-15-22(16-8-4-5-9-18(16)25-3)17-12-20-21(27-14-26-20)13-19(17)28-23(15,2)24-10-6-7-11-24/h4-5,8-9,12-13,15,22H,6-7,10-11,14H2,1-3H3/t15-,22-,23+/m0/s1. The van der Waals surface area contributed by atoms with Gasteiger partial charge in [0.15, 0.2) is 17.2 Å². The molecule has 0 amide bonds. The van der Waals surface area contributed by atoms with Gasteiger partial charge in [0, 0.05) is 42.1 Å². The van der Waals surface area contributed by atoms with Crippen molar-refractivity contribution in [1.29, 1.82) is 0 Å². The van der Waals surface area contributed by atoms with Crippen LogP contribution < -0.4 is 18.9 Å². The van der Waals surface area contributed by atoms with E-state index < -0.39 is 0 Å². The predicted molar refractivity (Wildman–Crippen MR) is 106 cm³/mol. The van der Waals surface area contributed by atoms with Crippen molar-refractivity contribution in [3.63, 3.8) is 0 Å². The third kappa shape index (κ3) is 2.56. The van der Waals surface area contributed by atoms with Crippen LogP contribution in [0.15, 0.2) is 36.4 Å². The summed E-state index contributed by atoms with van der Waals surface area (Å²) in [5.41, 5.74) is 1.94. The normalized spacial score (nSPS) is 28.7. The number of benzene rings is 2. The van der Waals surface area contributed by atoms with Crippen molar-refractivity contribution in [3.8, 4) is 23.0 Å². The van der Waals surface area contributed by atoms with Gasteiger partial charge in [-0.1, -0.05) is 25.1 Å². The fourth-order valence-corrected chi connectivity index (χ4v) is 5.04. The number of ether oxygens (including phenoxy) is 4. The Balaban J connectivity index is 1.69. The summed E-state index contributed by atoms with van der Waals surface area (Å²) in [4.78, 5) is 2.49. The zero-order valence-corrected chi connectivity index (χ0v) is 16.7. The minimum atomic E-state index is -0.386. The van der Waals surface area contributed by atoms with Crippen molar-refractivity contribution in [1.82, 2.24) is 4.90 Å². The molecule has 0 radical (unpaired) electrons. The lowest BCUT2D eigenvalue weighted by Crippen LogP contribution is -2.57. The Morgan fingerprint density at radius 1 is 1.00 bits per heavy atom. The fourth-order valence-electron chi connectivity index (χ4n) is 5.04. The number of hydrogen-bond acceptors (Lipinski definition) is 5. The van der Waals surface area contributed by atoms with E-state index >= 15 is 0 Å². The highest BCUT2D eigenvalue weighted by Gasteiger charge is 2.50. The third-order valence-electron chi connectivity index (χ3n) is 6.71. The Hall–Kier alpha value is -2.40. The lowest BCUT2D eigenvalue weighted by Gasteiger charge is -2.50. The Kier molecular flexibility index (Phi) is 4.16. The molecule has 3 aliphatic heterocycles. The van der Waals surface area contributed by atoms with Crippen LogP contribution in [0.25, 0.3) is 0 Å². The maximum atomic E-state index is 6.72. The van der Waals surface area contributed by atoms with Gasteiger partial charge in [-0.15, -0.1) is 0 Å². The molecule has 0 N–H and O–H groups in total. The van der Waals surface area contributed by atoms with Crippen molar-refractivity contribution in [2.24, 2.45) is 5.92 Å². The Morgan fingerprint density at radius 3 is 2.46 bits per heavy atom. The summed E-state index contributed by atoms with van der Waals surface area (Å²) in [5, 5.41) is 0. The summed E-state index contributed by atoms with van der Waals surface area (Å²) in [6, 6.07) is 12.4. The predicted octanol–water partition coefficient (Wildman–Crippen LogP) is 4.40. The van der Waals surface area contributed by atoms with Crippen molar-refractivity contribution < 1.29 is 18.9 Å². The Morgan fingerprint density at radius 2 is 1.71 bits per heavy atom. The quantitative estimate of drug-likeness (QED) is 0.788. The van der Waals surface area contributed by atoms with Crippen LogP contribution >= 0.6 is 0 Å². The van der Waals surface area contributed by atoms with Crippen LogP contribution in [0.4, 0.5) is 0 Å². The first-order chi connectivity index (χ1) is 13.6. The minimum Gasteiger partial charge on any atom is -0.496 e. The summed E-state index contributed by atoms with van der Waals surface area (Å²) in [5.74, 6) is 3.71. The molecule has 0 spiro atoms. The topological polar surface area (TPSA) is 40.2 Å². The number of rotatable bonds is 3. The largest absolute Gasteiger partial charge is 0.496 e. The second-order valence-electron chi connectivity index (χ2n) is 8.10. The van der Waals surface area contributed by atoms with Crippen molar-refractivity contribution in [3.05, 3.63) is 47.5 Å². The van der Waals surface area contributed by atoms with Gasteiger partial charge in [0.1, 0.15) is 11.5 Å². The Labute approximate surface area is 166 Å². The van der Waals surface area contributed by atoms with Gasteiger partial charge in [-0.05, 0) is 31.9 Å². The second kappa shape index (κ2) is 6.59. The van der Waals surface area contributed by atoms with E-state index in [4.69, 9.17) is 18.9 Å². The van der Waals surface area contributed by atoms with Crippen LogP contribution in [-0.2, 0) is 0 Å². The van der Waals surface area contributed by atoms with Gasteiger partial charge in [0.2, 0.25) is 6.79 Å². The van der Waals surface area contributed by atoms with Gasteiger partial charge in [0.05, 0.1) is 7.11 Å². The maximum Gasteiger partial charge on any atom is 0.231 e. The first-order valence-electron chi connectivity index (χ1n) is 10.1. The number of hydrogen-bond donors (Lipinski definition) is 0. The van der Waals surface area contributed by atoms with Gasteiger partial charge in [-0.25, -0.2) is 0 Å². The molecule has 3 aliphatic rings. The molecule has 28 heavy (non-hydrogen) atoms. The molecule has 3 heterocycles. The van der Waals surface area contributed by atoms with Gasteiger partial charge in [-0.2, -0.15) is 0 Å². The van der Waals surface area contributed by atoms with E-state index in [2.05, 4.69) is 36.9 Å². The second-order valence-corrected chi connectivity index (χ2v) is 8.10. The summed E-state index contributed by atoms with van der Waals surface area (Å²) in [6.07, 6.45) is 2.44. The first kappa shape index (κ1) is 17.7. The van der Waals surface area contributed by atoms with Gasteiger partial charge >= 0.3 is 0 Å². The monoisotopic (exact) mass is 381 g/mol. The van der Waals surface area contributed by atoms with Crippen LogP contribution in [-0.4, -0.2) is 37.6 Å². The molecule has 1 fully saturated rings. The van der Waals surface area contributed by atoms with E-state index in [1.54, 1.807) is 7.11 Å². The summed E-state index contributed by atoms with van der Waals surface area (Å²) in [6.45, 7) is 6.93. The lowest BCUT2D eigenvalue weighted by atomic mass is 9.73. The molecule has 5 nitrogen and oxygen atoms in total. The number of methoxy groups -OCH3 is 1. The van der Waals surface area contributed by atoms with Crippen LogP contribution in [0.5, 0.6) is 23.0 Å². The average Bonchev–Trinajstić information content (AvgIpc) is 3.39. The Bertz CT molecular complexity index is 892. The number of para-hydroxylation sites is 1. The molecule has 0 saturated carbocycles. The highest BCUT2D eigenvalue weighted by molar-refractivity contribution is 5.57. The van der Waals surface area contributed by atoms with Gasteiger partial charge in [0.25, 0.3) is 0 Å². The summed E-state index contributed by atoms with van der Waals surface area (Å²) in [7, 11) is 1.74. The van der Waals surface area contributed by atoms with E-state index in [1.807, 2.05) is 18.2 Å². The molecule has 1 saturated heterocycles. The molecule has 5 heteroatoms. The zero-order valence-electron chi connectivity index (χ0n) is 16.7. The average molecular weight is 381 g/mol. The third-order valence-corrected chi connectivity index (χ3v) is 6.71. The minimum absolute atomic E-state index is 0.139. The van der Waals surface area contributed by atoms with Gasteiger partial charge < -0.3 is 18.9 Å². The van der Waals surface area contributed by atoms with Crippen molar-refractivity contribution >= 4 is 0 Å². The van der Waals surface area contributed by atoms with Crippen molar-refractivity contribution in [2.75, 3.05) is 27.0 Å². The van der Waals surface area contributed by atoms with Crippen molar-refractivity contribution in [2.45, 2.75) is 38.3 Å². The van der Waals surface area contributed by atoms with E-state index in [-0.39, 0.29) is 24.4 Å². The summed E-state index contributed by atoms with van der Waals surface area (Å²) < 4.78 is 23.8. The lowest BCUT2D eigenvalue weighted by molar-refractivity contribution is -0.114. The van der Waals surface area contributed by atoms with Crippen LogP contribution in [0.3, 0.4) is 0 Å². The summed E-state index contributed by atoms with van der Waals surface area (Å²) >= 11 is 0. The van der Waals surface area contributed by atoms with Gasteiger partial charge in [-0.3, -0.25) is 4.90 Å².